The molecule has 0 aromatic carbocycles. The topological polar surface area (TPSA) is 243 Å². The van der Waals surface area contributed by atoms with Crippen molar-refractivity contribution >= 4 is 57.6 Å². The number of hydrogen-bond donors (Lipinski definition) is 7. The molecule has 4 heterocycles. The van der Waals surface area contributed by atoms with Gasteiger partial charge in [0, 0.05) is 16.9 Å². The summed E-state index contributed by atoms with van der Waals surface area (Å²) in [6.45, 7) is 4.41. The lowest BCUT2D eigenvalue weighted by atomic mass is 9.91. The second-order valence-corrected chi connectivity index (χ2v) is 13.7. The Labute approximate surface area is 266 Å². The molecule has 4 aliphatic heterocycles. The van der Waals surface area contributed by atoms with Gasteiger partial charge >= 0.3 is 5.97 Å². The molecule has 5 amide bonds. The van der Waals surface area contributed by atoms with Gasteiger partial charge in [0.15, 0.2) is 18.2 Å². The number of aliphatic hydroxyl groups is 3. The number of alkyl halides is 1. The van der Waals surface area contributed by atoms with Gasteiger partial charge in [-0.1, -0.05) is 15.9 Å². The summed E-state index contributed by atoms with van der Waals surface area (Å²) in [4.78, 5) is 80.8. The van der Waals surface area contributed by atoms with E-state index >= 15 is 0 Å². The summed E-state index contributed by atoms with van der Waals surface area (Å²) < 4.78 is 5.09. The number of nitrogens with one attached hydrogen (secondary N) is 4. The Balaban J connectivity index is 1.76. The maximum atomic E-state index is 14.2. The highest BCUT2D eigenvalue weighted by Crippen LogP contribution is 2.27. The Hall–Kier alpha value is -3.23. The lowest BCUT2D eigenvalue weighted by molar-refractivity contribution is -0.167. The fraction of sp³-hybridized carbons (Fsp3) is 0.731. The van der Waals surface area contributed by atoms with Gasteiger partial charge in [-0.25, -0.2) is 20.7 Å². The van der Waals surface area contributed by atoms with E-state index in [1.54, 1.807) is 0 Å². The number of carbonyl (C=O) groups is 6. The highest BCUT2D eigenvalue weighted by atomic mass is 79.9. The van der Waals surface area contributed by atoms with Crippen LogP contribution in [0.15, 0.2) is 5.10 Å². The van der Waals surface area contributed by atoms with Crippen molar-refractivity contribution in [2.75, 3.05) is 19.8 Å². The van der Waals surface area contributed by atoms with E-state index in [9.17, 15) is 44.1 Å². The number of halogens is 1. The fourth-order valence-corrected chi connectivity index (χ4v) is 5.93. The van der Waals surface area contributed by atoms with Gasteiger partial charge in [-0.2, -0.15) is 5.10 Å². The van der Waals surface area contributed by atoms with Crippen molar-refractivity contribution in [3.05, 3.63) is 0 Å². The average Bonchev–Trinajstić information content (AvgIpc) is 2.98. The highest BCUT2D eigenvalue weighted by molar-refractivity contribution is 9.09. The second-order valence-electron chi connectivity index (χ2n) is 12.4. The van der Waals surface area contributed by atoms with E-state index in [-0.39, 0.29) is 24.2 Å². The van der Waals surface area contributed by atoms with Crippen molar-refractivity contribution in [1.29, 1.82) is 0 Å². The maximum absolute atomic E-state index is 14.2. The maximum Gasteiger partial charge on any atom is 0.334 e. The number of amides is 5. The van der Waals surface area contributed by atoms with E-state index in [1.165, 1.54) is 13.8 Å². The molecule has 8 atom stereocenters. The third kappa shape index (κ3) is 7.12. The summed E-state index contributed by atoms with van der Waals surface area (Å²) in [6.07, 6.45) is -2.00. The monoisotopic (exact) mass is 702 g/mol. The Morgan fingerprint density at radius 2 is 1.73 bits per heavy atom. The Kier molecular flexibility index (Phi) is 10.2. The van der Waals surface area contributed by atoms with E-state index in [2.05, 4.69) is 42.5 Å². The Bertz CT molecular complexity index is 1270. The van der Waals surface area contributed by atoms with Crippen LogP contribution in [0.25, 0.3) is 0 Å². The number of rotatable bonds is 1. The minimum Gasteiger partial charge on any atom is -0.454 e. The smallest absolute Gasteiger partial charge is 0.334 e. The molecule has 250 valence electrons. The number of hydrogen-bond acceptors (Lipinski definition) is 13. The molecule has 0 spiro atoms. The van der Waals surface area contributed by atoms with Crippen LogP contribution < -0.4 is 21.5 Å². The van der Waals surface area contributed by atoms with Crippen LogP contribution in [0.1, 0.15) is 47.0 Å². The van der Waals surface area contributed by atoms with E-state index < -0.39 is 96.2 Å². The van der Waals surface area contributed by atoms with E-state index in [4.69, 9.17) is 4.74 Å². The number of hydrazone groups is 1. The number of esters is 1. The third-order valence-electron chi connectivity index (χ3n) is 8.14. The van der Waals surface area contributed by atoms with Crippen molar-refractivity contribution in [1.82, 2.24) is 36.5 Å². The van der Waals surface area contributed by atoms with Crippen LogP contribution in [0, 0.1) is 0 Å². The first-order valence-electron chi connectivity index (χ1n) is 14.4. The first-order chi connectivity index (χ1) is 21.0. The lowest BCUT2D eigenvalue weighted by Crippen LogP contribution is -2.72. The second kappa shape index (κ2) is 13.2. The van der Waals surface area contributed by atoms with Crippen LogP contribution in [-0.2, 0) is 33.5 Å². The summed E-state index contributed by atoms with van der Waals surface area (Å²) in [5.74, 6) is -5.56. The summed E-state index contributed by atoms with van der Waals surface area (Å²) in [7, 11) is 0. The van der Waals surface area contributed by atoms with E-state index in [0.29, 0.717) is 11.4 Å². The number of nitrogens with zero attached hydrogens (tertiary/aromatic N) is 4. The average molecular weight is 704 g/mol. The number of aliphatic hydroxyl groups excluding tert-OH is 3. The number of hydrazine groups is 2. The van der Waals surface area contributed by atoms with Gasteiger partial charge in [0.25, 0.3) is 17.7 Å². The SMILES string of the molecule is CC1NC(=O)C2C(O)C(O)C=NN2C(=O)COC(=O)C(C)(CO)NC(=O)C2CCC(C)(C)NN2C(=O)C2CC(Br)CNN2C1=O. The molecule has 4 aliphatic rings. The molecular weight excluding hydrogens is 664 g/mol. The summed E-state index contributed by atoms with van der Waals surface area (Å²) in [5, 5.41) is 42.1. The van der Waals surface area contributed by atoms with Crippen molar-refractivity contribution in [3.63, 3.8) is 0 Å². The Morgan fingerprint density at radius 3 is 2.40 bits per heavy atom. The summed E-state index contributed by atoms with van der Waals surface area (Å²) in [5.41, 5.74) is 3.24. The largest absolute Gasteiger partial charge is 0.454 e. The van der Waals surface area contributed by atoms with Crippen molar-refractivity contribution in [3.8, 4) is 0 Å². The first kappa shape index (κ1) is 34.6. The number of fused-ring (bicyclic) bond motifs is 3. The molecule has 0 bridgehead atoms. The molecule has 0 radical (unpaired) electrons. The van der Waals surface area contributed by atoms with Gasteiger partial charge in [-0.15, -0.1) is 0 Å². The van der Waals surface area contributed by atoms with Crippen LogP contribution in [0.5, 0.6) is 0 Å². The van der Waals surface area contributed by atoms with Crippen molar-refractivity contribution < 1.29 is 48.8 Å². The molecule has 19 heteroatoms. The van der Waals surface area contributed by atoms with Crippen LogP contribution in [0.3, 0.4) is 0 Å². The molecule has 0 aromatic rings. The predicted molar refractivity (Wildman–Crippen MR) is 156 cm³/mol. The lowest BCUT2D eigenvalue weighted by Gasteiger charge is -2.47. The minimum absolute atomic E-state index is 0.121. The molecule has 8 unspecified atom stereocenters. The van der Waals surface area contributed by atoms with E-state index in [0.717, 1.165) is 16.2 Å². The van der Waals surface area contributed by atoms with Gasteiger partial charge < -0.3 is 30.7 Å². The zero-order valence-corrected chi connectivity index (χ0v) is 26.8. The van der Waals surface area contributed by atoms with Crippen LogP contribution in [0.4, 0.5) is 0 Å². The van der Waals surface area contributed by atoms with Crippen molar-refractivity contribution in [2.45, 2.75) is 99.2 Å². The predicted octanol–water partition coefficient (Wildman–Crippen LogP) is -4.02. The molecule has 0 aliphatic carbocycles. The fourth-order valence-electron chi connectivity index (χ4n) is 5.43. The number of ether oxygens (including phenoxy) is 1. The molecule has 4 rings (SSSR count). The summed E-state index contributed by atoms with van der Waals surface area (Å²) in [6, 6.07) is -5.50. The molecule has 3 saturated heterocycles. The van der Waals surface area contributed by atoms with Gasteiger partial charge in [0.2, 0.25) is 11.8 Å². The highest BCUT2D eigenvalue weighted by Gasteiger charge is 2.49. The third-order valence-corrected chi connectivity index (χ3v) is 8.84. The minimum atomic E-state index is -2.06. The van der Waals surface area contributed by atoms with Gasteiger partial charge in [-0.3, -0.25) is 34.0 Å². The molecule has 3 fully saturated rings. The van der Waals surface area contributed by atoms with Crippen LogP contribution in [-0.4, -0.2) is 144 Å². The molecule has 0 aromatic heterocycles. The zero-order chi connectivity index (χ0) is 33.4. The number of cyclic esters (lactones) is 1. The number of carbonyl (C=O) groups excluding carboxylic acids is 6. The van der Waals surface area contributed by atoms with E-state index in [1.807, 2.05) is 13.8 Å². The first-order valence-corrected chi connectivity index (χ1v) is 15.4. The van der Waals surface area contributed by atoms with Crippen LogP contribution >= 0.6 is 15.9 Å². The summed E-state index contributed by atoms with van der Waals surface area (Å²) >= 11 is 3.48. The molecule has 0 saturated carbocycles. The van der Waals surface area contributed by atoms with Gasteiger partial charge in [-0.05, 0) is 47.0 Å². The quantitative estimate of drug-likeness (QED) is 0.102. The van der Waals surface area contributed by atoms with Gasteiger partial charge in [0.05, 0.1) is 12.8 Å². The molecular formula is C26H39BrN8O10. The van der Waals surface area contributed by atoms with Gasteiger partial charge in [0.1, 0.15) is 30.3 Å². The van der Waals surface area contributed by atoms with Crippen molar-refractivity contribution in [2.24, 2.45) is 5.10 Å². The molecule has 18 nitrogen and oxygen atoms in total. The normalized spacial score (nSPS) is 37.0. The Morgan fingerprint density at radius 1 is 1.04 bits per heavy atom. The molecule has 45 heavy (non-hydrogen) atoms. The van der Waals surface area contributed by atoms with Crippen LogP contribution in [0.2, 0.25) is 0 Å². The standard InChI is InChI=1S/C26H39BrN8O10/c1-12-22(42)33-15(7-13(27)8-28-33)23(43)34-14(5-6-25(2,3)32-34)20(40)31-26(4,11-36)24(44)45-10-17(38)35-18(21(41)30-12)19(39)16(37)9-29-35/h9,12-16,18-19,28,32,36-37,39H,5-8,10-11H2,1-4H3,(H,30,41)(H,31,40). The molecule has 7 N–H and O–H groups in total. The zero-order valence-electron chi connectivity index (χ0n) is 25.2.